The normalized spacial score (nSPS) is 23.3. The molecule has 124 valence electrons. The van der Waals surface area contributed by atoms with Crippen LogP contribution in [0.1, 0.15) is 18.0 Å². The Bertz CT molecular complexity index is 889. The molecule has 0 spiro atoms. The van der Waals surface area contributed by atoms with Crippen LogP contribution in [0.3, 0.4) is 0 Å². The Labute approximate surface area is 138 Å². The van der Waals surface area contributed by atoms with Crippen LogP contribution in [0, 0.1) is 11.3 Å². The maximum atomic E-state index is 10.4. The Morgan fingerprint density at radius 1 is 1.29 bits per heavy atom. The fourth-order valence-corrected chi connectivity index (χ4v) is 3.17. The molecule has 2 heterocycles. The van der Waals surface area contributed by atoms with Crippen molar-refractivity contribution in [2.24, 2.45) is 5.92 Å². The van der Waals surface area contributed by atoms with Crippen molar-refractivity contribution in [1.29, 1.82) is 5.41 Å². The summed E-state index contributed by atoms with van der Waals surface area (Å²) in [6.45, 7) is 1.06. The van der Waals surface area contributed by atoms with Gasteiger partial charge in [-0.2, -0.15) is 0 Å². The highest BCUT2D eigenvalue weighted by Gasteiger charge is 2.41. The molecule has 2 aromatic heterocycles. The number of hydrogen-bond donors (Lipinski definition) is 3. The van der Waals surface area contributed by atoms with Gasteiger partial charge in [0, 0.05) is 5.92 Å². The van der Waals surface area contributed by atoms with Gasteiger partial charge in [0.05, 0.1) is 38.0 Å². The van der Waals surface area contributed by atoms with E-state index >= 15 is 0 Å². The van der Waals surface area contributed by atoms with Crippen LogP contribution >= 0.6 is 0 Å². The van der Waals surface area contributed by atoms with Crippen molar-refractivity contribution < 1.29 is 9.84 Å². The first-order valence-corrected chi connectivity index (χ1v) is 7.98. The lowest BCUT2D eigenvalue weighted by molar-refractivity contribution is -0.0764. The number of benzene rings is 1. The lowest BCUT2D eigenvalue weighted by atomic mass is 9.77. The zero-order chi connectivity index (χ0) is 16.5. The number of H-pyrrole nitrogens is 1. The van der Waals surface area contributed by atoms with E-state index in [1.54, 1.807) is 10.9 Å². The van der Waals surface area contributed by atoms with Gasteiger partial charge in [0.1, 0.15) is 5.52 Å². The third-order valence-electron chi connectivity index (χ3n) is 4.64. The fraction of sp³-hybridized carbons (Fsp3) is 0.353. The SMILES string of the molecule is N=c1c2[nH]cnc2ncn1[C@H]1C[C@H](COCc2ccccc2)[C@H]1O. The van der Waals surface area contributed by atoms with Crippen LogP contribution in [-0.4, -0.2) is 37.3 Å². The molecule has 3 atom stereocenters. The summed E-state index contributed by atoms with van der Waals surface area (Å²) in [6, 6.07) is 9.85. The summed E-state index contributed by atoms with van der Waals surface area (Å²) in [7, 11) is 0. The average molecular weight is 325 g/mol. The Hall–Kier alpha value is -2.51. The van der Waals surface area contributed by atoms with Crippen LogP contribution in [0.15, 0.2) is 43.0 Å². The monoisotopic (exact) mass is 325 g/mol. The molecule has 1 aromatic carbocycles. The van der Waals surface area contributed by atoms with Gasteiger partial charge >= 0.3 is 0 Å². The smallest absolute Gasteiger partial charge is 0.182 e. The van der Waals surface area contributed by atoms with Crippen LogP contribution in [0.2, 0.25) is 0 Å². The summed E-state index contributed by atoms with van der Waals surface area (Å²) in [5.74, 6) is 0.0862. The topological polar surface area (TPSA) is 99.8 Å². The van der Waals surface area contributed by atoms with Crippen molar-refractivity contribution in [3.63, 3.8) is 0 Å². The summed E-state index contributed by atoms with van der Waals surface area (Å²) in [5, 5.41) is 18.7. The van der Waals surface area contributed by atoms with Crippen molar-refractivity contribution in [2.75, 3.05) is 6.61 Å². The summed E-state index contributed by atoms with van der Waals surface area (Å²) in [5.41, 5.74) is 2.53. The minimum Gasteiger partial charge on any atom is -0.391 e. The second-order valence-corrected chi connectivity index (χ2v) is 6.16. The Morgan fingerprint density at radius 2 is 2.12 bits per heavy atom. The fourth-order valence-electron chi connectivity index (χ4n) is 3.17. The molecule has 7 nitrogen and oxygen atoms in total. The third-order valence-corrected chi connectivity index (χ3v) is 4.64. The number of ether oxygens (including phenoxy) is 1. The van der Waals surface area contributed by atoms with E-state index in [2.05, 4.69) is 15.0 Å². The number of nitrogens with one attached hydrogen (secondary N) is 2. The van der Waals surface area contributed by atoms with Gasteiger partial charge in [0.15, 0.2) is 11.1 Å². The number of aromatic amines is 1. The maximum absolute atomic E-state index is 10.4. The number of aliphatic hydroxyl groups excluding tert-OH is 1. The predicted molar refractivity (Wildman–Crippen MR) is 87.0 cm³/mol. The Morgan fingerprint density at radius 3 is 2.92 bits per heavy atom. The Balaban J connectivity index is 1.38. The van der Waals surface area contributed by atoms with Gasteiger partial charge in [-0.3, -0.25) is 5.41 Å². The summed E-state index contributed by atoms with van der Waals surface area (Å²) >= 11 is 0. The van der Waals surface area contributed by atoms with Gasteiger partial charge in [0.2, 0.25) is 0 Å². The Kier molecular flexibility index (Phi) is 3.87. The van der Waals surface area contributed by atoms with Crippen molar-refractivity contribution in [3.8, 4) is 0 Å². The van der Waals surface area contributed by atoms with Crippen molar-refractivity contribution in [2.45, 2.75) is 25.2 Å². The zero-order valence-electron chi connectivity index (χ0n) is 13.1. The van der Waals surface area contributed by atoms with E-state index in [1.807, 2.05) is 30.3 Å². The second-order valence-electron chi connectivity index (χ2n) is 6.16. The first-order valence-electron chi connectivity index (χ1n) is 7.98. The number of imidazole rings is 1. The van der Waals surface area contributed by atoms with E-state index in [-0.39, 0.29) is 12.0 Å². The molecule has 24 heavy (non-hydrogen) atoms. The number of fused-ring (bicyclic) bond motifs is 1. The maximum Gasteiger partial charge on any atom is 0.182 e. The quantitative estimate of drug-likeness (QED) is 0.660. The number of rotatable bonds is 5. The lowest BCUT2D eigenvalue weighted by Gasteiger charge is -2.42. The van der Waals surface area contributed by atoms with Crippen molar-refractivity contribution in [3.05, 3.63) is 54.0 Å². The highest BCUT2D eigenvalue weighted by molar-refractivity contribution is 5.67. The second kappa shape index (κ2) is 6.18. The zero-order valence-corrected chi connectivity index (χ0v) is 13.1. The molecule has 1 fully saturated rings. The number of aliphatic hydroxyl groups is 1. The van der Waals surface area contributed by atoms with Crippen LogP contribution in [0.25, 0.3) is 11.2 Å². The van der Waals surface area contributed by atoms with E-state index in [1.165, 1.54) is 6.33 Å². The van der Waals surface area contributed by atoms with Crippen LogP contribution in [0.4, 0.5) is 0 Å². The van der Waals surface area contributed by atoms with Crippen LogP contribution in [-0.2, 0) is 11.3 Å². The molecule has 3 N–H and O–H groups in total. The number of hydrogen-bond acceptors (Lipinski definition) is 5. The lowest BCUT2D eigenvalue weighted by Crippen LogP contribution is -2.48. The molecule has 0 bridgehead atoms. The molecule has 0 unspecified atom stereocenters. The molecule has 1 aliphatic carbocycles. The molecular formula is C17H19N5O2. The summed E-state index contributed by atoms with van der Waals surface area (Å²) in [4.78, 5) is 11.2. The van der Waals surface area contributed by atoms with Gasteiger partial charge in [-0.05, 0) is 12.0 Å². The van der Waals surface area contributed by atoms with Gasteiger partial charge in [-0.25, -0.2) is 9.97 Å². The highest BCUT2D eigenvalue weighted by Crippen LogP contribution is 2.37. The molecule has 7 heteroatoms. The molecule has 4 rings (SSSR count). The standard InChI is InChI=1S/C17H19N5O2/c18-16-14-17(20-9-19-14)21-10-22(16)13-6-12(15(13)23)8-24-7-11-4-2-1-3-5-11/h1-5,9-10,12-13,15,18,23H,6-8H2,(H,19,20)/t12-,13+,15-/m1/s1. The van der Waals surface area contributed by atoms with Crippen LogP contribution in [0.5, 0.6) is 0 Å². The van der Waals surface area contributed by atoms with E-state index in [9.17, 15) is 5.11 Å². The average Bonchev–Trinajstić information content (AvgIpc) is 3.09. The summed E-state index contributed by atoms with van der Waals surface area (Å²) in [6.07, 6.45) is 3.35. The first-order chi connectivity index (χ1) is 11.7. The predicted octanol–water partition coefficient (Wildman–Crippen LogP) is 1.38. The number of nitrogens with zero attached hydrogens (tertiary/aromatic N) is 3. The van der Waals surface area contributed by atoms with Gasteiger partial charge < -0.3 is 19.4 Å². The van der Waals surface area contributed by atoms with Gasteiger partial charge in [-0.1, -0.05) is 30.3 Å². The third kappa shape index (κ3) is 2.61. The molecule has 1 saturated carbocycles. The molecule has 0 radical (unpaired) electrons. The number of aromatic nitrogens is 4. The molecule has 0 saturated heterocycles. The molecule has 0 aliphatic heterocycles. The summed E-state index contributed by atoms with van der Waals surface area (Å²) < 4.78 is 7.43. The molecule has 3 aromatic rings. The van der Waals surface area contributed by atoms with Gasteiger partial charge in [-0.15, -0.1) is 0 Å². The van der Waals surface area contributed by atoms with E-state index in [4.69, 9.17) is 10.1 Å². The largest absolute Gasteiger partial charge is 0.391 e. The van der Waals surface area contributed by atoms with E-state index < -0.39 is 6.10 Å². The van der Waals surface area contributed by atoms with Crippen molar-refractivity contribution in [1.82, 2.24) is 19.5 Å². The van der Waals surface area contributed by atoms with Crippen molar-refractivity contribution >= 4 is 11.2 Å². The molecule has 0 amide bonds. The molecule has 1 aliphatic rings. The van der Waals surface area contributed by atoms with Crippen LogP contribution < -0.4 is 5.49 Å². The molecular weight excluding hydrogens is 306 g/mol. The van der Waals surface area contributed by atoms with Gasteiger partial charge in [0.25, 0.3) is 0 Å². The highest BCUT2D eigenvalue weighted by atomic mass is 16.5. The van der Waals surface area contributed by atoms with E-state index in [0.717, 1.165) is 12.0 Å². The first kappa shape index (κ1) is 15.0. The minimum absolute atomic E-state index is 0.0862. The minimum atomic E-state index is -0.531. The van der Waals surface area contributed by atoms with E-state index in [0.29, 0.717) is 29.9 Å².